The Balaban J connectivity index is 1.73. The lowest BCUT2D eigenvalue weighted by atomic mass is 10.2. The highest BCUT2D eigenvalue weighted by Gasteiger charge is 2.15. The predicted octanol–water partition coefficient (Wildman–Crippen LogP) is 2.74. The fraction of sp³-hybridized carbons (Fsp3) is 0.118. The van der Waals surface area contributed by atoms with Crippen molar-refractivity contribution in [1.29, 1.82) is 0 Å². The van der Waals surface area contributed by atoms with Gasteiger partial charge in [0.05, 0.1) is 30.4 Å². The lowest BCUT2D eigenvalue weighted by Gasteiger charge is -2.06. The molecule has 1 aromatic heterocycles. The van der Waals surface area contributed by atoms with Gasteiger partial charge >= 0.3 is 0 Å². The van der Waals surface area contributed by atoms with Crippen LogP contribution in [0.15, 0.2) is 71.9 Å². The first kappa shape index (κ1) is 16.1. The molecule has 3 aromatic rings. The molecule has 0 amide bonds. The summed E-state index contributed by atoms with van der Waals surface area (Å²) in [7, 11) is -2.13. The van der Waals surface area contributed by atoms with Crippen LogP contribution in [0.25, 0.3) is 0 Å². The summed E-state index contributed by atoms with van der Waals surface area (Å²) in [6, 6.07) is 16.0. The second-order valence-corrected chi connectivity index (χ2v) is 6.88. The highest BCUT2D eigenvalue weighted by atomic mass is 32.2. The van der Waals surface area contributed by atoms with E-state index in [-0.39, 0.29) is 4.90 Å². The van der Waals surface area contributed by atoms with Gasteiger partial charge in [-0.05, 0) is 29.8 Å². The average molecular weight is 343 g/mol. The lowest BCUT2D eigenvalue weighted by Crippen LogP contribution is -2.12. The zero-order chi connectivity index (χ0) is 17.0. The molecule has 0 aliphatic heterocycles. The molecule has 7 heteroatoms. The van der Waals surface area contributed by atoms with Crippen molar-refractivity contribution in [1.82, 2.24) is 9.78 Å². The number of sulfonamides is 1. The van der Waals surface area contributed by atoms with E-state index in [0.29, 0.717) is 18.0 Å². The van der Waals surface area contributed by atoms with Gasteiger partial charge in [-0.3, -0.25) is 9.40 Å². The monoisotopic (exact) mass is 343 g/mol. The molecule has 0 saturated heterocycles. The standard InChI is InChI=1S/C17H17N3O3S/c1-23-16-7-9-17(10-8-16)24(21,22)19-15-11-18-20(13-15)12-14-5-3-2-4-6-14/h2-11,13,19H,12H2,1H3. The maximum absolute atomic E-state index is 12.4. The number of anilines is 1. The molecular weight excluding hydrogens is 326 g/mol. The van der Waals surface area contributed by atoms with Gasteiger partial charge < -0.3 is 4.74 Å². The van der Waals surface area contributed by atoms with E-state index in [2.05, 4.69) is 9.82 Å². The molecule has 0 unspecified atom stereocenters. The minimum atomic E-state index is -3.66. The molecule has 0 aliphatic carbocycles. The van der Waals surface area contributed by atoms with Crippen molar-refractivity contribution >= 4 is 15.7 Å². The third-order valence-electron chi connectivity index (χ3n) is 3.44. The maximum Gasteiger partial charge on any atom is 0.261 e. The molecule has 6 nitrogen and oxygen atoms in total. The third kappa shape index (κ3) is 3.75. The fourth-order valence-corrected chi connectivity index (χ4v) is 3.27. The average Bonchev–Trinajstić information content (AvgIpc) is 3.02. The summed E-state index contributed by atoms with van der Waals surface area (Å²) in [6.45, 7) is 0.575. The van der Waals surface area contributed by atoms with Crippen LogP contribution in [0.1, 0.15) is 5.56 Å². The van der Waals surface area contributed by atoms with Gasteiger partial charge in [0.25, 0.3) is 10.0 Å². The zero-order valence-electron chi connectivity index (χ0n) is 13.1. The quantitative estimate of drug-likeness (QED) is 0.747. The number of hydrogen-bond acceptors (Lipinski definition) is 4. The van der Waals surface area contributed by atoms with Crippen LogP contribution >= 0.6 is 0 Å². The van der Waals surface area contributed by atoms with E-state index >= 15 is 0 Å². The summed E-state index contributed by atoms with van der Waals surface area (Å²) in [5, 5.41) is 4.19. The van der Waals surface area contributed by atoms with Crippen LogP contribution in [0.5, 0.6) is 5.75 Å². The molecule has 0 bridgehead atoms. The van der Waals surface area contributed by atoms with Crippen molar-refractivity contribution in [3.05, 3.63) is 72.6 Å². The number of rotatable bonds is 6. The number of nitrogens with zero attached hydrogens (tertiary/aromatic N) is 2. The first-order valence-corrected chi connectivity index (χ1v) is 8.78. The highest BCUT2D eigenvalue weighted by Crippen LogP contribution is 2.19. The number of nitrogens with one attached hydrogen (secondary N) is 1. The van der Waals surface area contributed by atoms with Crippen molar-refractivity contribution in [2.45, 2.75) is 11.4 Å². The number of benzene rings is 2. The molecule has 0 saturated carbocycles. The molecule has 0 radical (unpaired) electrons. The van der Waals surface area contributed by atoms with E-state index in [4.69, 9.17) is 4.74 Å². The summed E-state index contributed by atoms with van der Waals surface area (Å²) >= 11 is 0. The van der Waals surface area contributed by atoms with Gasteiger partial charge in [0.15, 0.2) is 0 Å². The Labute approximate surface area is 140 Å². The van der Waals surface area contributed by atoms with Crippen molar-refractivity contribution < 1.29 is 13.2 Å². The first-order chi connectivity index (χ1) is 11.6. The molecule has 0 spiro atoms. The summed E-state index contributed by atoms with van der Waals surface area (Å²) in [6.07, 6.45) is 3.15. The van der Waals surface area contributed by atoms with Crippen molar-refractivity contribution in [2.75, 3.05) is 11.8 Å². The Morgan fingerprint density at radius 2 is 1.79 bits per heavy atom. The van der Waals surface area contributed by atoms with Crippen molar-refractivity contribution in [3.8, 4) is 5.75 Å². The van der Waals surface area contributed by atoms with Crippen LogP contribution in [0, 0.1) is 0 Å². The molecule has 2 aromatic carbocycles. The van der Waals surface area contributed by atoms with Gasteiger partial charge in [-0.2, -0.15) is 5.10 Å². The number of ether oxygens (including phenoxy) is 1. The van der Waals surface area contributed by atoms with E-state index in [1.807, 2.05) is 30.3 Å². The molecular formula is C17H17N3O3S. The van der Waals surface area contributed by atoms with E-state index < -0.39 is 10.0 Å². The van der Waals surface area contributed by atoms with Gasteiger partial charge in [0, 0.05) is 6.20 Å². The van der Waals surface area contributed by atoms with Crippen LogP contribution < -0.4 is 9.46 Å². The summed E-state index contributed by atoms with van der Waals surface area (Å²) in [5.74, 6) is 0.602. The van der Waals surface area contributed by atoms with Gasteiger partial charge in [-0.15, -0.1) is 0 Å². The Hall–Kier alpha value is -2.80. The van der Waals surface area contributed by atoms with Crippen LogP contribution in [-0.4, -0.2) is 25.3 Å². The Morgan fingerprint density at radius 1 is 1.08 bits per heavy atom. The molecule has 0 atom stereocenters. The molecule has 0 aliphatic rings. The molecule has 3 rings (SSSR count). The lowest BCUT2D eigenvalue weighted by molar-refractivity contribution is 0.414. The second-order valence-electron chi connectivity index (χ2n) is 5.19. The van der Waals surface area contributed by atoms with Crippen LogP contribution in [-0.2, 0) is 16.6 Å². The van der Waals surface area contributed by atoms with Crippen LogP contribution in [0.4, 0.5) is 5.69 Å². The second kappa shape index (κ2) is 6.76. The topological polar surface area (TPSA) is 73.2 Å². The van der Waals surface area contributed by atoms with Crippen molar-refractivity contribution in [2.24, 2.45) is 0 Å². The third-order valence-corrected chi connectivity index (χ3v) is 4.84. The highest BCUT2D eigenvalue weighted by molar-refractivity contribution is 7.92. The molecule has 0 fully saturated rings. The van der Waals surface area contributed by atoms with Crippen LogP contribution in [0.3, 0.4) is 0 Å². The number of hydrogen-bond donors (Lipinski definition) is 1. The van der Waals surface area contributed by atoms with E-state index in [9.17, 15) is 8.42 Å². The van der Waals surface area contributed by atoms with Gasteiger partial charge in [0.1, 0.15) is 5.75 Å². The summed E-state index contributed by atoms with van der Waals surface area (Å²) in [5.41, 5.74) is 1.51. The minimum absolute atomic E-state index is 0.166. The largest absolute Gasteiger partial charge is 0.497 e. The van der Waals surface area contributed by atoms with Crippen LogP contribution in [0.2, 0.25) is 0 Å². The Kier molecular flexibility index (Phi) is 4.52. The maximum atomic E-state index is 12.4. The first-order valence-electron chi connectivity index (χ1n) is 7.30. The zero-order valence-corrected chi connectivity index (χ0v) is 13.9. The van der Waals surface area contributed by atoms with Crippen molar-refractivity contribution in [3.63, 3.8) is 0 Å². The molecule has 24 heavy (non-hydrogen) atoms. The SMILES string of the molecule is COc1ccc(S(=O)(=O)Nc2cnn(Cc3ccccc3)c2)cc1. The Bertz CT molecular complexity index is 904. The fourth-order valence-electron chi connectivity index (χ4n) is 2.24. The molecule has 1 N–H and O–H groups in total. The van der Waals surface area contributed by atoms with E-state index in [1.165, 1.54) is 25.4 Å². The smallest absolute Gasteiger partial charge is 0.261 e. The number of methoxy groups -OCH3 is 1. The normalized spacial score (nSPS) is 11.2. The van der Waals surface area contributed by atoms with Gasteiger partial charge in [-0.1, -0.05) is 30.3 Å². The van der Waals surface area contributed by atoms with E-state index in [1.54, 1.807) is 23.0 Å². The molecule has 124 valence electrons. The predicted molar refractivity (Wildman–Crippen MR) is 91.6 cm³/mol. The van der Waals surface area contributed by atoms with Gasteiger partial charge in [0.2, 0.25) is 0 Å². The number of aromatic nitrogens is 2. The minimum Gasteiger partial charge on any atom is -0.497 e. The van der Waals surface area contributed by atoms with Gasteiger partial charge in [-0.25, -0.2) is 8.42 Å². The van der Waals surface area contributed by atoms with E-state index in [0.717, 1.165) is 5.56 Å². The Morgan fingerprint density at radius 3 is 2.46 bits per heavy atom. The summed E-state index contributed by atoms with van der Waals surface area (Å²) < 4.78 is 34.0. The summed E-state index contributed by atoms with van der Waals surface area (Å²) in [4.78, 5) is 0.166. The molecule has 1 heterocycles.